The lowest BCUT2D eigenvalue weighted by Crippen LogP contribution is -2.19. The quantitative estimate of drug-likeness (QED) is 0.404. The third-order valence-corrected chi connectivity index (χ3v) is 5.84. The Balaban J connectivity index is 2.04. The summed E-state index contributed by atoms with van der Waals surface area (Å²) in [6.07, 6.45) is 0. The Labute approximate surface area is 174 Å². The molecule has 10 heteroatoms. The first-order valence-electron chi connectivity index (χ1n) is 8.20. The van der Waals surface area contributed by atoms with Crippen LogP contribution in [-0.2, 0) is 10.0 Å². The number of halogens is 1. The fourth-order valence-corrected chi connectivity index (χ4v) is 4.20. The minimum atomic E-state index is -4.38. The number of nitro groups is 1. The molecule has 0 fully saturated rings. The van der Waals surface area contributed by atoms with Gasteiger partial charge in [0.25, 0.3) is 21.6 Å². The summed E-state index contributed by atoms with van der Waals surface area (Å²) in [4.78, 5) is 22.5. The van der Waals surface area contributed by atoms with Crippen LogP contribution in [0.3, 0.4) is 0 Å². The third-order valence-electron chi connectivity index (χ3n) is 3.84. The number of rotatable bonds is 6. The van der Waals surface area contributed by atoms with E-state index in [1.54, 1.807) is 42.5 Å². The predicted molar refractivity (Wildman–Crippen MR) is 112 cm³/mol. The van der Waals surface area contributed by atoms with E-state index in [1.165, 1.54) is 24.3 Å². The van der Waals surface area contributed by atoms with Crippen molar-refractivity contribution >= 4 is 48.9 Å². The van der Waals surface area contributed by atoms with Crippen LogP contribution in [0.5, 0.6) is 0 Å². The lowest BCUT2D eigenvalue weighted by molar-refractivity contribution is -0.387. The molecule has 0 unspecified atom stereocenters. The van der Waals surface area contributed by atoms with Crippen LogP contribution >= 0.6 is 15.9 Å². The van der Waals surface area contributed by atoms with Gasteiger partial charge < -0.3 is 5.32 Å². The van der Waals surface area contributed by atoms with E-state index < -0.39 is 31.4 Å². The maximum atomic E-state index is 13.0. The molecule has 8 nitrogen and oxygen atoms in total. The zero-order chi connectivity index (χ0) is 21.0. The van der Waals surface area contributed by atoms with Gasteiger partial charge in [-0.2, -0.15) is 0 Å². The van der Waals surface area contributed by atoms with Gasteiger partial charge in [-0.15, -0.1) is 0 Å². The zero-order valence-corrected chi connectivity index (χ0v) is 17.1. The van der Waals surface area contributed by atoms with E-state index in [2.05, 4.69) is 26.0 Å². The SMILES string of the molecule is O=C(Nc1cccc([N+](=O)[O-])c1S(=O)(=O)Nc1ccc(Br)cc1)c1ccccc1. The topological polar surface area (TPSA) is 118 Å². The van der Waals surface area contributed by atoms with Crippen molar-refractivity contribution in [2.45, 2.75) is 4.90 Å². The molecule has 0 heterocycles. The van der Waals surface area contributed by atoms with E-state index in [-0.39, 0.29) is 16.9 Å². The van der Waals surface area contributed by atoms with Crippen molar-refractivity contribution in [1.82, 2.24) is 0 Å². The van der Waals surface area contributed by atoms with Gasteiger partial charge in [0, 0.05) is 21.8 Å². The molecule has 0 spiro atoms. The Kier molecular flexibility index (Phi) is 5.95. The Hall–Kier alpha value is -3.24. The van der Waals surface area contributed by atoms with Crippen LogP contribution in [-0.4, -0.2) is 19.2 Å². The number of hydrogen-bond acceptors (Lipinski definition) is 5. The van der Waals surface area contributed by atoms with Crippen LogP contribution in [0.1, 0.15) is 10.4 Å². The number of benzene rings is 3. The summed E-state index contributed by atoms with van der Waals surface area (Å²) in [5, 5.41) is 13.9. The van der Waals surface area contributed by atoms with Gasteiger partial charge in [0.15, 0.2) is 4.90 Å². The summed E-state index contributed by atoms with van der Waals surface area (Å²) in [7, 11) is -4.38. The molecule has 0 aromatic heterocycles. The van der Waals surface area contributed by atoms with E-state index in [4.69, 9.17) is 0 Å². The molecule has 1 amide bonds. The minimum absolute atomic E-state index is 0.197. The Bertz CT molecular complexity index is 1170. The van der Waals surface area contributed by atoms with Gasteiger partial charge in [-0.25, -0.2) is 8.42 Å². The lowest BCUT2D eigenvalue weighted by Gasteiger charge is -2.13. The second-order valence-electron chi connectivity index (χ2n) is 5.84. The Morgan fingerprint density at radius 3 is 2.21 bits per heavy atom. The van der Waals surface area contributed by atoms with Gasteiger partial charge in [0.1, 0.15) is 0 Å². The zero-order valence-electron chi connectivity index (χ0n) is 14.7. The highest BCUT2D eigenvalue weighted by Gasteiger charge is 2.30. The first-order valence-corrected chi connectivity index (χ1v) is 10.5. The lowest BCUT2D eigenvalue weighted by atomic mass is 10.2. The molecule has 0 saturated carbocycles. The fourth-order valence-electron chi connectivity index (χ4n) is 2.56. The van der Waals surface area contributed by atoms with E-state index in [0.717, 1.165) is 10.5 Å². The van der Waals surface area contributed by atoms with Crippen molar-refractivity contribution < 1.29 is 18.1 Å². The summed E-state index contributed by atoms with van der Waals surface area (Å²) in [6.45, 7) is 0. The molecule has 0 bridgehead atoms. The highest BCUT2D eigenvalue weighted by molar-refractivity contribution is 9.10. The molecule has 2 N–H and O–H groups in total. The van der Waals surface area contributed by atoms with Crippen molar-refractivity contribution in [3.63, 3.8) is 0 Å². The minimum Gasteiger partial charge on any atom is -0.321 e. The number of carbonyl (C=O) groups excluding carboxylic acids is 1. The summed E-state index contributed by atoms with van der Waals surface area (Å²) < 4.78 is 29.0. The number of anilines is 2. The van der Waals surface area contributed by atoms with Crippen LogP contribution in [0, 0.1) is 10.1 Å². The highest BCUT2D eigenvalue weighted by atomic mass is 79.9. The van der Waals surface area contributed by atoms with Gasteiger partial charge in [0.05, 0.1) is 10.6 Å². The molecule has 3 rings (SSSR count). The number of nitrogens with zero attached hydrogens (tertiary/aromatic N) is 1. The number of hydrogen-bond donors (Lipinski definition) is 2. The highest BCUT2D eigenvalue weighted by Crippen LogP contribution is 2.33. The monoisotopic (exact) mass is 475 g/mol. The van der Waals surface area contributed by atoms with Gasteiger partial charge in [0.2, 0.25) is 0 Å². The molecule has 0 radical (unpaired) electrons. The Morgan fingerprint density at radius 1 is 0.931 bits per heavy atom. The molecule has 3 aromatic rings. The molecule has 0 aliphatic rings. The maximum absolute atomic E-state index is 13.0. The van der Waals surface area contributed by atoms with Gasteiger partial charge in [-0.1, -0.05) is 40.2 Å². The predicted octanol–water partition coefficient (Wildman–Crippen LogP) is 4.41. The summed E-state index contributed by atoms with van der Waals surface area (Å²) in [5.74, 6) is -0.591. The van der Waals surface area contributed by atoms with Gasteiger partial charge in [-0.05, 0) is 42.5 Å². The van der Waals surface area contributed by atoms with Crippen molar-refractivity contribution in [3.05, 3.63) is 92.9 Å². The van der Waals surface area contributed by atoms with Crippen LogP contribution in [0.2, 0.25) is 0 Å². The number of amides is 1. The molecule has 0 aliphatic heterocycles. The molecule has 3 aromatic carbocycles. The standard InChI is InChI=1S/C19H14BrN3O5S/c20-14-9-11-15(12-10-14)22-29(27,28)18-16(7-4-8-17(18)23(25)26)21-19(24)13-5-2-1-3-6-13/h1-12,22H,(H,21,24). The Morgan fingerprint density at radius 2 is 1.59 bits per heavy atom. The van der Waals surface area contributed by atoms with Crippen LogP contribution in [0.4, 0.5) is 17.1 Å². The van der Waals surface area contributed by atoms with Crippen LogP contribution < -0.4 is 10.0 Å². The summed E-state index contributed by atoms with van der Waals surface area (Å²) in [5.41, 5.74) is -0.354. The second kappa shape index (κ2) is 8.41. The van der Waals surface area contributed by atoms with E-state index in [1.807, 2.05) is 0 Å². The van der Waals surface area contributed by atoms with Crippen molar-refractivity contribution in [2.75, 3.05) is 10.0 Å². The smallest absolute Gasteiger partial charge is 0.292 e. The number of sulfonamides is 1. The fraction of sp³-hybridized carbons (Fsp3) is 0. The average Bonchev–Trinajstić information content (AvgIpc) is 2.70. The maximum Gasteiger partial charge on any atom is 0.292 e. The molecule has 0 atom stereocenters. The molecule has 29 heavy (non-hydrogen) atoms. The third kappa shape index (κ3) is 4.79. The van der Waals surface area contributed by atoms with Gasteiger partial charge >= 0.3 is 0 Å². The van der Waals surface area contributed by atoms with E-state index >= 15 is 0 Å². The summed E-state index contributed by atoms with van der Waals surface area (Å²) >= 11 is 3.25. The van der Waals surface area contributed by atoms with Crippen molar-refractivity contribution in [2.24, 2.45) is 0 Å². The van der Waals surface area contributed by atoms with Crippen LogP contribution in [0.25, 0.3) is 0 Å². The molecule has 0 aliphatic carbocycles. The first-order chi connectivity index (χ1) is 13.8. The van der Waals surface area contributed by atoms with Crippen LogP contribution in [0.15, 0.2) is 82.2 Å². The second-order valence-corrected chi connectivity index (χ2v) is 8.38. The number of nitrogens with one attached hydrogen (secondary N) is 2. The van der Waals surface area contributed by atoms with Crippen molar-refractivity contribution in [1.29, 1.82) is 0 Å². The largest absolute Gasteiger partial charge is 0.321 e. The molecule has 0 saturated heterocycles. The number of carbonyl (C=O) groups is 1. The normalized spacial score (nSPS) is 10.9. The molecule has 148 valence electrons. The number of nitro benzene ring substituents is 1. The van der Waals surface area contributed by atoms with E-state index in [9.17, 15) is 23.3 Å². The summed E-state index contributed by atoms with van der Waals surface area (Å²) in [6, 6.07) is 18.0. The first kappa shape index (κ1) is 20.5. The average molecular weight is 476 g/mol. The molecular formula is C19H14BrN3O5S. The van der Waals surface area contributed by atoms with Gasteiger partial charge in [-0.3, -0.25) is 19.6 Å². The molecular weight excluding hydrogens is 462 g/mol. The van der Waals surface area contributed by atoms with E-state index in [0.29, 0.717) is 0 Å². The van der Waals surface area contributed by atoms with Crippen molar-refractivity contribution in [3.8, 4) is 0 Å².